The van der Waals surface area contributed by atoms with Gasteiger partial charge in [0, 0.05) is 23.2 Å². The number of carbonyl (C=O) groups excluding carboxylic acids is 1. The molecule has 0 radical (unpaired) electrons. The normalized spacial score (nSPS) is 11.7. The number of thiazole rings is 1. The van der Waals surface area contributed by atoms with Crippen molar-refractivity contribution in [2.24, 2.45) is 0 Å². The average Bonchev–Trinajstić information content (AvgIpc) is 2.92. The molecule has 0 spiro atoms. The summed E-state index contributed by atoms with van der Waals surface area (Å²) in [5.41, 5.74) is 2.73. The van der Waals surface area contributed by atoms with Gasteiger partial charge in [0.2, 0.25) is 0 Å². The summed E-state index contributed by atoms with van der Waals surface area (Å²) in [4.78, 5) is 17.4. The highest BCUT2D eigenvalue weighted by Gasteiger charge is 2.23. The van der Waals surface area contributed by atoms with Gasteiger partial charge in [0.15, 0.2) is 0 Å². The molecular formula is C14H20N4OS. The van der Waals surface area contributed by atoms with E-state index in [1.165, 1.54) is 11.3 Å². The minimum atomic E-state index is -0.0731. The molecule has 0 bridgehead atoms. The molecule has 2 heterocycles. The third kappa shape index (κ3) is 3.07. The molecule has 0 atom stereocenters. The van der Waals surface area contributed by atoms with Gasteiger partial charge < -0.3 is 5.32 Å². The van der Waals surface area contributed by atoms with Crippen LogP contribution in [-0.2, 0) is 12.0 Å². The van der Waals surface area contributed by atoms with Crippen molar-refractivity contribution in [3.63, 3.8) is 0 Å². The Labute approximate surface area is 122 Å². The predicted octanol–water partition coefficient (Wildman–Crippen LogP) is 2.71. The van der Waals surface area contributed by atoms with Crippen molar-refractivity contribution in [2.45, 2.75) is 46.6 Å². The number of hydrogen-bond acceptors (Lipinski definition) is 4. The Bertz CT molecular complexity index is 621. The second-order valence-corrected chi connectivity index (χ2v) is 6.89. The smallest absolute Gasteiger partial charge is 0.263 e. The molecule has 0 saturated heterocycles. The predicted molar refractivity (Wildman–Crippen MR) is 80.0 cm³/mol. The van der Waals surface area contributed by atoms with Crippen LogP contribution in [0.1, 0.15) is 52.4 Å². The Morgan fingerprint density at radius 3 is 2.60 bits per heavy atom. The number of carbonyl (C=O) groups is 1. The fourth-order valence-electron chi connectivity index (χ4n) is 1.74. The van der Waals surface area contributed by atoms with Gasteiger partial charge in [-0.2, -0.15) is 5.10 Å². The molecule has 0 saturated carbocycles. The highest BCUT2D eigenvalue weighted by atomic mass is 32.1. The van der Waals surface area contributed by atoms with Crippen molar-refractivity contribution < 1.29 is 4.79 Å². The van der Waals surface area contributed by atoms with E-state index in [9.17, 15) is 4.79 Å². The van der Waals surface area contributed by atoms with Crippen molar-refractivity contribution >= 4 is 17.2 Å². The summed E-state index contributed by atoms with van der Waals surface area (Å²) in [6, 6.07) is 0. The SMILES string of the molecule is Cc1nc(C(C)(C)C)sc1C(=O)NCc1cn[nH]c1C. The summed E-state index contributed by atoms with van der Waals surface area (Å²) in [6.07, 6.45) is 1.73. The van der Waals surface area contributed by atoms with E-state index in [-0.39, 0.29) is 11.3 Å². The van der Waals surface area contributed by atoms with Crippen LogP contribution in [0.5, 0.6) is 0 Å². The van der Waals surface area contributed by atoms with E-state index in [0.29, 0.717) is 11.4 Å². The third-order valence-electron chi connectivity index (χ3n) is 3.02. The molecular weight excluding hydrogens is 272 g/mol. The molecule has 5 nitrogen and oxygen atoms in total. The first-order valence-electron chi connectivity index (χ1n) is 6.54. The quantitative estimate of drug-likeness (QED) is 0.913. The highest BCUT2D eigenvalue weighted by Crippen LogP contribution is 2.29. The highest BCUT2D eigenvalue weighted by molar-refractivity contribution is 7.14. The van der Waals surface area contributed by atoms with Gasteiger partial charge in [-0.15, -0.1) is 11.3 Å². The van der Waals surface area contributed by atoms with Gasteiger partial charge in [-0.1, -0.05) is 20.8 Å². The lowest BCUT2D eigenvalue weighted by atomic mass is 9.98. The molecule has 6 heteroatoms. The van der Waals surface area contributed by atoms with Gasteiger partial charge in [-0.3, -0.25) is 9.89 Å². The number of rotatable bonds is 3. The van der Waals surface area contributed by atoms with Gasteiger partial charge in [-0.05, 0) is 13.8 Å². The number of aromatic nitrogens is 3. The Kier molecular flexibility index (Phi) is 3.94. The van der Waals surface area contributed by atoms with Crippen LogP contribution in [0.25, 0.3) is 0 Å². The van der Waals surface area contributed by atoms with Crippen LogP contribution >= 0.6 is 11.3 Å². The summed E-state index contributed by atoms with van der Waals surface area (Å²) >= 11 is 1.47. The topological polar surface area (TPSA) is 70.7 Å². The molecule has 0 aliphatic rings. The third-order valence-corrected chi connectivity index (χ3v) is 4.60. The van der Waals surface area contributed by atoms with Crippen molar-refractivity contribution in [3.05, 3.63) is 33.0 Å². The largest absolute Gasteiger partial charge is 0.347 e. The summed E-state index contributed by atoms with van der Waals surface area (Å²) < 4.78 is 0. The second-order valence-electron chi connectivity index (χ2n) is 5.89. The van der Waals surface area contributed by atoms with Crippen LogP contribution in [0.4, 0.5) is 0 Å². The van der Waals surface area contributed by atoms with Crippen molar-refractivity contribution in [1.29, 1.82) is 0 Å². The van der Waals surface area contributed by atoms with Gasteiger partial charge >= 0.3 is 0 Å². The van der Waals surface area contributed by atoms with Crippen LogP contribution in [-0.4, -0.2) is 21.1 Å². The van der Waals surface area contributed by atoms with Crippen molar-refractivity contribution in [1.82, 2.24) is 20.5 Å². The fraction of sp³-hybridized carbons (Fsp3) is 0.500. The number of hydrogen-bond donors (Lipinski definition) is 2. The van der Waals surface area contributed by atoms with Crippen LogP contribution < -0.4 is 5.32 Å². The number of aryl methyl sites for hydroxylation is 2. The summed E-state index contributed by atoms with van der Waals surface area (Å²) in [5, 5.41) is 10.7. The van der Waals surface area contributed by atoms with Gasteiger partial charge in [0.05, 0.1) is 16.9 Å². The van der Waals surface area contributed by atoms with E-state index in [4.69, 9.17) is 0 Å². The lowest BCUT2D eigenvalue weighted by Gasteiger charge is -2.13. The summed E-state index contributed by atoms with van der Waals surface area (Å²) in [7, 11) is 0. The van der Waals surface area contributed by atoms with Crippen LogP contribution in [0.15, 0.2) is 6.20 Å². The zero-order valence-corrected chi connectivity index (χ0v) is 13.3. The molecule has 0 fully saturated rings. The molecule has 2 aromatic heterocycles. The molecule has 1 amide bonds. The van der Waals surface area contributed by atoms with E-state index in [2.05, 4.69) is 41.3 Å². The first kappa shape index (κ1) is 14.7. The van der Waals surface area contributed by atoms with E-state index in [1.807, 2.05) is 13.8 Å². The molecule has 0 unspecified atom stereocenters. The molecule has 0 aliphatic carbocycles. The molecule has 2 N–H and O–H groups in total. The Morgan fingerprint density at radius 2 is 2.10 bits per heavy atom. The maximum atomic E-state index is 12.2. The minimum absolute atomic E-state index is 0.0326. The molecule has 2 aromatic rings. The monoisotopic (exact) mass is 292 g/mol. The second kappa shape index (κ2) is 5.36. The zero-order valence-electron chi connectivity index (χ0n) is 12.5. The molecule has 108 valence electrons. The van der Waals surface area contributed by atoms with E-state index in [0.717, 1.165) is 22.0 Å². The Morgan fingerprint density at radius 1 is 1.40 bits per heavy atom. The molecule has 20 heavy (non-hydrogen) atoms. The van der Waals surface area contributed by atoms with Gasteiger partial charge in [-0.25, -0.2) is 4.98 Å². The van der Waals surface area contributed by atoms with Crippen molar-refractivity contribution in [2.75, 3.05) is 0 Å². The number of nitrogens with one attached hydrogen (secondary N) is 2. The number of H-pyrrole nitrogens is 1. The fourth-order valence-corrected chi connectivity index (χ4v) is 2.78. The molecule has 0 aliphatic heterocycles. The lowest BCUT2D eigenvalue weighted by molar-refractivity contribution is 0.0954. The lowest BCUT2D eigenvalue weighted by Crippen LogP contribution is -2.22. The summed E-state index contributed by atoms with van der Waals surface area (Å²) in [5.74, 6) is -0.0731. The van der Waals surface area contributed by atoms with Crippen LogP contribution in [0, 0.1) is 13.8 Å². The molecule has 2 rings (SSSR count). The maximum absolute atomic E-state index is 12.2. The Hall–Kier alpha value is -1.69. The first-order valence-corrected chi connectivity index (χ1v) is 7.35. The zero-order chi connectivity index (χ0) is 14.9. The standard InChI is InChI=1S/C14H20N4OS/c1-8-10(7-16-18-8)6-15-12(19)11-9(2)17-13(20-11)14(3,4)5/h7H,6H2,1-5H3,(H,15,19)(H,16,18). The van der Waals surface area contributed by atoms with Gasteiger partial charge in [0.25, 0.3) is 5.91 Å². The van der Waals surface area contributed by atoms with E-state index < -0.39 is 0 Å². The number of aromatic amines is 1. The average molecular weight is 292 g/mol. The van der Waals surface area contributed by atoms with E-state index >= 15 is 0 Å². The van der Waals surface area contributed by atoms with E-state index in [1.54, 1.807) is 6.20 Å². The van der Waals surface area contributed by atoms with Crippen molar-refractivity contribution in [3.8, 4) is 0 Å². The first-order chi connectivity index (χ1) is 9.29. The minimum Gasteiger partial charge on any atom is -0.347 e. The maximum Gasteiger partial charge on any atom is 0.263 e. The Balaban J connectivity index is 2.10. The van der Waals surface area contributed by atoms with Crippen LogP contribution in [0.3, 0.4) is 0 Å². The number of amides is 1. The summed E-state index contributed by atoms with van der Waals surface area (Å²) in [6.45, 7) is 10.6. The molecule has 0 aromatic carbocycles. The van der Waals surface area contributed by atoms with Gasteiger partial charge in [0.1, 0.15) is 4.88 Å². The number of nitrogens with zero attached hydrogens (tertiary/aromatic N) is 2. The van der Waals surface area contributed by atoms with Crippen LogP contribution in [0.2, 0.25) is 0 Å².